The molecule has 2 unspecified atom stereocenters. The van der Waals surface area contributed by atoms with E-state index in [1.54, 1.807) is 14.2 Å². The second-order valence-electron chi connectivity index (χ2n) is 4.87. The Morgan fingerprint density at radius 3 is 2.71 bits per heavy atom. The Kier molecular flexibility index (Phi) is 3.48. The molecule has 2 atom stereocenters. The molecule has 1 aliphatic carbocycles. The number of allylic oxidation sites excluding steroid dienone is 1. The molecule has 17 heavy (non-hydrogen) atoms. The van der Waals surface area contributed by atoms with Crippen molar-refractivity contribution in [2.75, 3.05) is 14.2 Å². The minimum absolute atomic E-state index is 0.0180. The van der Waals surface area contributed by atoms with Crippen molar-refractivity contribution in [2.45, 2.75) is 32.0 Å². The van der Waals surface area contributed by atoms with Crippen molar-refractivity contribution in [3.63, 3.8) is 0 Å². The molecular formula is C13H18O3Se. The first kappa shape index (κ1) is 12.9. The topological polar surface area (TPSA) is 27.7 Å². The third-order valence-electron chi connectivity index (χ3n) is 3.33. The zero-order chi connectivity index (χ0) is 12.6. The Labute approximate surface area is 110 Å². The van der Waals surface area contributed by atoms with Gasteiger partial charge in [-0.05, 0) is 0 Å². The zero-order valence-corrected chi connectivity index (χ0v) is 12.4. The van der Waals surface area contributed by atoms with Gasteiger partial charge in [0.05, 0.1) is 0 Å². The summed E-state index contributed by atoms with van der Waals surface area (Å²) >= 11 is 3.13. The maximum absolute atomic E-state index is 6.05. The fourth-order valence-corrected chi connectivity index (χ4v) is 2.68. The minimum atomic E-state index is -0.253. The van der Waals surface area contributed by atoms with Crippen LogP contribution in [-0.2, 0) is 14.2 Å². The fourth-order valence-electron chi connectivity index (χ4n) is 2.21. The molecule has 0 amide bonds. The van der Waals surface area contributed by atoms with Gasteiger partial charge >= 0.3 is 110 Å². The van der Waals surface area contributed by atoms with Gasteiger partial charge in [0.2, 0.25) is 0 Å². The normalized spacial score (nSPS) is 30.9. The van der Waals surface area contributed by atoms with Crippen LogP contribution in [0.2, 0.25) is 0 Å². The van der Waals surface area contributed by atoms with Crippen molar-refractivity contribution in [3.8, 4) is 0 Å². The van der Waals surface area contributed by atoms with Crippen LogP contribution in [0.25, 0.3) is 0 Å². The van der Waals surface area contributed by atoms with Gasteiger partial charge in [0, 0.05) is 0 Å². The Bertz CT molecular complexity index is 395. The van der Waals surface area contributed by atoms with E-state index in [9.17, 15) is 0 Å². The Morgan fingerprint density at radius 1 is 1.41 bits per heavy atom. The standard InChI is InChI=1S/C13H18O3Se/c1-13(2)12(17)7-9-10(15-4)5-8(14-3)6-11(9)16-13/h5-6,9-10H,7H2,1-4H3. The average molecular weight is 301 g/mol. The quantitative estimate of drug-likeness (QED) is 0.725. The van der Waals surface area contributed by atoms with E-state index in [4.69, 9.17) is 14.2 Å². The van der Waals surface area contributed by atoms with E-state index in [0.717, 1.165) is 17.9 Å². The van der Waals surface area contributed by atoms with Crippen LogP contribution < -0.4 is 0 Å². The fraction of sp³-hybridized carbons (Fsp3) is 0.615. The summed E-state index contributed by atoms with van der Waals surface area (Å²) in [7, 11) is 3.38. The molecule has 0 spiro atoms. The second-order valence-corrected chi connectivity index (χ2v) is 5.90. The molecule has 0 saturated carbocycles. The van der Waals surface area contributed by atoms with Gasteiger partial charge in [0.15, 0.2) is 0 Å². The molecule has 1 heterocycles. The van der Waals surface area contributed by atoms with Crippen LogP contribution in [0.1, 0.15) is 20.3 Å². The molecule has 0 radical (unpaired) electrons. The van der Waals surface area contributed by atoms with Gasteiger partial charge in [-0.3, -0.25) is 0 Å². The molecule has 0 aromatic carbocycles. The number of fused-ring (bicyclic) bond motifs is 1. The molecular weight excluding hydrogens is 283 g/mol. The van der Waals surface area contributed by atoms with Gasteiger partial charge in [-0.15, -0.1) is 0 Å². The van der Waals surface area contributed by atoms with Crippen molar-refractivity contribution in [1.82, 2.24) is 0 Å². The average Bonchev–Trinajstić information content (AvgIpc) is 2.29. The molecule has 3 nitrogen and oxygen atoms in total. The summed E-state index contributed by atoms with van der Waals surface area (Å²) in [5, 5.41) is 0. The molecule has 2 aliphatic rings. The van der Waals surface area contributed by atoms with Crippen LogP contribution in [0.3, 0.4) is 0 Å². The van der Waals surface area contributed by atoms with Crippen LogP contribution in [0, 0.1) is 5.92 Å². The first-order valence-corrected chi connectivity index (χ1v) is 6.56. The van der Waals surface area contributed by atoms with Gasteiger partial charge in [-0.25, -0.2) is 0 Å². The van der Waals surface area contributed by atoms with Crippen molar-refractivity contribution < 1.29 is 14.2 Å². The van der Waals surface area contributed by atoms with E-state index < -0.39 is 0 Å². The van der Waals surface area contributed by atoms with Crippen molar-refractivity contribution in [2.24, 2.45) is 5.92 Å². The summed E-state index contributed by atoms with van der Waals surface area (Å²) in [5.74, 6) is 2.02. The molecule has 94 valence electrons. The molecule has 0 aromatic rings. The van der Waals surface area contributed by atoms with Crippen LogP contribution in [0.15, 0.2) is 23.7 Å². The SMILES string of the molecule is COC1=CC(OC)C2CC(=[Se])C(C)(C)OC2=C1. The summed E-state index contributed by atoms with van der Waals surface area (Å²) in [5.41, 5.74) is -0.253. The van der Waals surface area contributed by atoms with E-state index in [1.165, 1.54) is 4.42 Å². The first-order chi connectivity index (χ1) is 7.97. The van der Waals surface area contributed by atoms with Crippen LogP contribution in [-0.4, -0.2) is 45.9 Å². The first-order valence-electron chi connectivity index (χ1n) is 5.70. The summed E-state index contributed by atoms with van der Waals surface area (Å²) in [6.07, 6.45) is 4.94. The summed E-state index contributed by atoms with van der Waals surface area (Å²) in [6, 6.07) is 0. The molecule has 0 aromatic heterocycles. The maximum atomic E-state index is 6.05. The summed E-state index contributed by atoms with van der Waals surface area (Å²) in [4.78, 5) is 0. The molecule has 1 saturated heterocycles. The van der Waals surface area contributed by atoms with Crippen LogP contribution in [0.5, 0.6) is 0 Å². The van der Waals surface area contributed by atoms with Gasteiger partial charge < -0.3 is 0 Å². The third-order valence-corrected chi connectivity index (χ3v) is 4.71. The van der Waals surface area contributed by atoms with E-state index in [2.05, 4.69) is 29.4 Å². The van der Waals surface area contributed by atoms with E-state index in [1.807, 2.05) is 12.2 Å². The molecule has 1 fully saturated rings. The van der Waals surface area contributed by atoms with E-state index >= 15 is 0 Å². The van der Waals surface area contributed by atoms with Gasteiger partial charge in [-0.1, -0.05) is 0 Å². The van der Waals surface area contributed by atoms with Crippen molar-refractivity contribution in [1.29, 1.82) is 0 Å². The molecule has 1 aliphatic heterocycles. The Balaban J connectivity index is 2.31. The van der Waals surface area contributed by atoms with E-state index in [-0.39, 0.29) is 17.6 Å². The van der Waals surface area contributed by atoms with E-state index in [0.29, 0.717) is 0 Å². The number of methoxy groups -OCH3 is 2. The predicted molar refractivity (Wildman–Crippen MR) is 68.0 cm³/mol. The van der Waals surface area contributed by atoms with Gasteiger partial charge in [-0.2, -0.15) is 0 Å². The molecule has 4 heteroatoms. The number of hydrogen-bond donors (Lipinski definition) is 0. The molecule has 0 bridgehead atoms. The number of rotatable bonds is 2. The summed E-state index contributed by atoms with van der Waals surface area (Å²) in [6.45, 7) is 4.14. The number of hydrogen-bond acceptors (Lipinski definition) is 3. The Morgan fingerprint density at radius 2 is 2.12 bits per heavy atom. The monoisotopic (exact) mass is 302 g/mol. The molecule has 0 N–H and O–H groups in total. The second kappa shape index (κ2) is 4.60. The summed E-state index contributed by atoms with van der Waals surface area (Å²) < 4.78 is 18.1. The molecule has 2 rings (SSSR count). The number of ether oxygens (including phenoxy) is 3. The van der Waals surface area contributed by atoms with Crippen molar-refractivity contribution >= 4 is 20.0 Å². The third kappa shape index (κ3) is 2.35. The zero-order valence-electron chi connectivity index (χ0n) is 10.6. The predicted octanol–water partition coefficient (Wildman–Crippen LogP) is 1.59. The Hall–Kier alpha value is -0.571. The van der Waals surface area contributed by atoms with Gasteiger partial charge in [0.25, 0.3) is 0 Å². The van der Waals surface area contributed by atoms with Crippen LogP contribution in [0.4, 0.5) is 0 Å². The van der Waals surface area contributed by atoms with Crippen LogP contribution >= 0.6 is 0 Å². The van der Waals surface area contributed by atoms with Gasteiger partial charge in [0.1, 0.15) is 0 Å². The van der Waals surface area contributed by atoms with Crippen molar-refractivity contribution in [3.05, 3.63) is 23.7 Å².